The van der Waals surface area contributed by atoms with Gasteiger partial charge in [0.05, 0.1) is 28.9 Å². The Kier molecular flexibility index (Phi) is 4.30. The zero-order chi connectivity index (χ0) is 13.7. The molecule has 0 amide bonds. The molecule has 0 aliphatic heterocycles. The van der Waals surface area contributed by atoms with Gasteiger partial charge in [-0.05, 0) is 13.0 Å². The number of rotatable bonds is 5. The Bertz CT molecular complexity index is 500. The number of benzene rings is 1. The lowest BCUT2D eigenvalue weighted by Crippen LogP contribution is -2.08. The molecule has 0 bridgehead atoms. The van der Waals surface area contributed by atoms with E-state index in [9.17, 15) is 20.2 Å². The minimum absolute atomic E-state index is 0.0673. The second kappa shape index (κ2) is 5.71. The van der Waals surface area contributed by atoms with Crippen molar-refractivity contribution in [1.29, 1.82) is 5.41 Å². The first-order valence-corrected chi connectivity index (χ1v) is 5.07. The highest BCUT2D eigenvalue weighted by molar-refractivity contribution is 5.77. The van der Waals surface area contributed by atoms with Crippen molar-refractivity contribution in [3.8, 4) is 0 Å². The highest BCUT2D eigenvalue weighted by Gasteiger charge is 2.20. The van der Waals surface area contributed by atoms with Crippen LogP contribution in [-0.4, -0.2) is 22.4 Å². The second-order valence-corrected chi connectivity index (χ2v) is 3.36. The molecule has 96 valence electrons. The van der Waals surface area contributed by atoms with Crippen LogP contribution in [0.5, 0.6) is 0 Å². The van der Waals surface area contributed by atoms with Crippen molar-refractivity contribution in [1.82, 2.24) is 0 Å². The summed E-state index contributed by atoms with van der Waals surface area (Å²) in [4.78, 5) is 19.9. The maximum atomic E-state index is 10.8. The van der Waals surface area contributed by atoms with Gasteiger partial charge in [-0.2, -0.15) is 0 Å². The van der Waals surface area contributed by atoms with Gasteiger partial charge in [-0.3, -0.25) is 25.6 Å². The summed E-state index contributed by atoms with van der Waals surface area (Å²) in [5.74, 6) is -0.116. The molecule has 1 N–H and O–H groups in total. The molecule has 0 saturated heterocycles. The van der Waals surface area contributed by atoms with E-state index >= 15 is 0 Å². The molecule has 0 aromatic heterocycles. The van der Waals surface area contributed by atoms with E-state index in [0.29, 0.717) is 6.61 Å². The summed E-state index contributed by atoms with van der Waals surface area (Å²) in [5, 5.41) is 28.8. The SMILES string of the molecule is CCOC(=N)Cc1ccc([N+](=O)[O-])cc1[N+](=O)[O-]. The van der Waals surface area contributed by atoms with Crippen molar-refractivity contribution in [2.45, 2.75) is 13.3 Å². The predicted molar refractivity (Wildman–Crippen MR) is 62.8 cm³/mol. The molecule has 0 spiro atoms. The van der Waals surface area contributed by atoms with Crippen molar-refractivity contribution in [3.05, 3.63) is 44.0 Å². The van der Waals surface area contributed by atoms with Crippen LogP contribution in [0, 0.1) is 25.6 Å². The first kappa shape index (κ1) is 13.6. The molecule has 0 aliphatic carbocycles. The molecule has 1 aromatic rings. The fraction of sp³-hybridized carbons (Fsp3) is 0.300. The second-order valence-electron chi connectivity index (χ2n) is 3.36. The lowest BCUT2D eigenvalue weighted by Gasteiger charge is -2.05. The number of hydrogen-bond donors (Lipinski definition) is 1. The molecular weight excluding hydrogens is 242 g/mol. The molecule has 8 nitrogen and oxygen atoms in total. The first-order valence-electron chi connectivity index (χ1n) is 5.07. The van der Waals surface area contributed by atoms with E-state index in [4.69, 9.17) is 10.1 Å². The van der Waals surface area contributed by atoms with Gasteiger partial charge in [-0.1, -0.05) is 0 Å². The third-order valence-electron chi connectivity index (χ3n) is 2.15. The summed E-state index contributed by atoms with van der Waals surface area (Å²) in [6.07, 6.45) is -0.0673. The maximum Gasteiger partial charge on any atom is 0.279 e. The number of nitro benzene ring substituents is 2. The molecule has 8 heteroatoms. The number of hydrogen-bond acceptors (Lipinski definition) is 6. The number of ether oxygens (including phenoxy) is 1. The summed E-state index contributed by atoms with van der Waals surface area (Å²) >= 11 is 0. The van der Waals surface area contributed by atoms with Crippen LogP contribution >= 0.6 is 0 Å². The van der Waals surface area contributed by atoms with E-state index in [1.54, 1.807) is 6.92 Å². The number of nitrogens with zero attached hydrogens (tertiary/aromatic N) is 2. The Labute approximate surface area is 102 Å². The lowest BCUT2D eigenvalue weighted by molar-refractivity contribution is -0.394. The van der Waals surface area contributed by atoms with Crippen LogP contribution in [0.2, 0.25) is 0 Å². The molecule has 0 unspecified atom stereocenters. The van der Waals surface area contributed by atoms with Gasteiger partial charge in [0.15, 0.2) is 5.90 Å². The van der Waals surface area contributed by atoms with Crippen LogP contribution in [0.15, 0.2) is 18.2 Å². The third kappa shape index (κ3) is 3.24. The topological polar surface area (TPSA) is 119 Å². The number of non-ortho nitro benzene ring substituents is 1. The van der Waals surface area contributed by atoms with Gasteiger partial charge < -0.3 is 4.74 Å². The van der Waals surface area contributed by atoms with Crippen LogP contribution in [0.25, 0.3) is 0 Å². The van der Waals surface area contributed by atoms with Crippen LogP contribution in [-0.2, 0) is 11.2 Å². The minimum atomic E-state index is -0.707. The van der Waals surface area contributed by atoms with Crippen LogP contribution < -0.4 is 0 Å². The number of nitrogens with one attached hydrogen (secondary N) is 1. The van der Waals surface area contributed by atoms with Crippen LogP contribution in [0.3, 0.4) is 0 Å². The average Bonchev–Trinajstić information content (AvgIpc) is 2.29. The summed E-state index contributed by atoms with van der Waals surface area (Å²) in [5.41, 5.74) is -0.522. The van der Waals surface area contributed by atoms with Crippen molar-refractivity contribution in [2.75, 3.05) is 6.61 Å². The highest BCUT2D eigenvalue weighted by Crippen LogP contribution is 2.25. The molecule has 0 heterocycles. The van der Waals surface area contributed by atoms with E-state index in [2.05, 4.69) is 0 Å². The smallest absolute Gasteiger partial charge is 0.279 e. The zero-order valence-electron chi connectivity index (χ0n) is 9.58. The molecule has 0 atom stereocenters. The largest absolute Gasteiger partial charge is 0.481 e. The van der Waals surface area contributed by atoms with Gasteiger partial charge in [0.1, 0.15) is 0 Å². The quantitative estimate of drug-likeness (QED) is 0.372. The third-order valence-corrected chi connectivity index (χ3v) is 2.15. The van der Waals surface area contributed by atoms with Gasteiger partial charge in [0.2, 0.25) is 0 Å². The highest BCUT2D eigenvalue weighted by atomic mass is 16.6. The molecule has 0 fully saturated rings. The lowest BCUT2D eigenvalue weighted by atomic mass is 10.1. The standard InChI is InChI=1S/C10H11N3O5/c1-2-18-10(11)5-7-3-4-8(12(14)15)6-9(7)13(16)17/h3-4,6,11H,2,5H2,1H3. The van der Waals surface area contributed by atoms with E-state index in [0.717, 1.165) is 6.07 Å². The van der Waals surface area contributed by atoms with Gasteiger partial charge >= 0.3 is 0 Å². The van der Waals surface area contributed by atoms with Crippen LogP contribution in [0.1, 0.15) is 12.5 Å². The summed E-state index contributed by atoms with van der Waals surface area (Å²) < 4.78 is 4.89. The molecule has 0 radical (unpaired) electrons. The summed E-state index contributed by atoms with van der Waals surface area (Å²) in [7, 11) is 0. The number of nitro groups is 2. The normalized spacial score (nSPS) is 9.83. The Morgan fingerprint density at radius 1 is 1.33 bits per heavy atom. The van der Waals surface area contributed by atoms with Gasteiger partial charge in [-0.15, -0.1) is 0 Å². The molecule has 18 heavy (non-hydrogen) atoms. The fourth-order valence-electron chi connectivity index (χ4n) is 1.38. The minimum Gasteiger partial charge on any atom is -0.481 e. The van der Waals surface area contributed by atoms with Crippen LogP contribution in [0.4, 0.5) is 11.4 Å². The summed E-state index contributed by atoms with van der Waals surface area (Å²) in [6, 6.07) is 3.32. The van der Waals surface area contributed by atoms with Crippen molar-refractivity contribution < 1.29 is 14.6 Å². The molecule has 1 rings (SSSR count). The van der Waals surface area contributed by atoms with Gasteiger partial charge in [-0.25, -0.2) is 0 Å². The Balaban J connectivity index is 3.08. The fourth-order valence-corrected chi connectivity index (χ4v) is 1.38. The Morgan fingerprint density at radius 2 is 2.00 bits per heavy atom. The Hall–Kier alpha value is -2.51. The monoisotopic (exact) mass is 253 g/mol. The molecule has 0 aliphatic rings. The first-order chi connectivity index (χ1) is 8.45. The van der Waals surface area contributed by atoms with E-state index in [1.165, 1.54) is 12.1 Å². The maximum absolute atomic E-state index is 10.8. The van der Waals surface area contributed by atoms with Gasteiger partial charge in [0.25, 0.3) is 11.4 Å². The zero-order valence-corrected chi connectivity index (χ0v) is 9.58. The molecule has 1 aromatic carbocycles. The van der Waals surface area contributed by atoms with E-state index in [1.807, 2.05) is 0 Å². The van der Waals surface area contributed by atoms with E-state index < -0.39 is 9.85 Å². The Morgan fingerprint density at radius 3 is 2.50 bits per heavy atom. The summed E-state index contributed by atoms with van der Waals surface area (Å²) in [6.45, 7) is 1.98. The average molecular weight is 253 g/mol. The van der Waals surface area contributed by atoms with E-state index in [-0.39, 0.29) is 29.3 Å². The van der Waals surface area contributed by atoms with Gasteiger partial charge in [0, 0.05) is 11.6 Å². The molecule has 0 saturated carbocycles. The van der Waals surface area contributed by atoms with Crippen molar-refractivity contribution >= 4 is 17.3 Å². The predicted octanol–water partition coefficient (Wildman–Crippen LogP) is 2.06. The molecular formula is C10H11N3O5. The van der Waals surface area contributed by atoms with Crippen molar-refractivity contribution in [2.24, 2.45) is 0 Å². The van der Waals surface area contributed by atoms with Crippen molar-refractivity contribution in [3.63, 3.8) is 0 Å².